The summed E-state index contributed by atoms with van der Waals surface area (Å²) in [7, 11) is 0. The number of nitrogens with zero attached hydrogens (tertiary/aromatic N) is 2. The fraction of sp³-hybridized carbons (Fsp3) is 0.538. The van der Waals surface area contributed by atoms with Gasteiger partial charge in [0.15, 0.2) is 0 Å². The minimum Gasteiger partial charge on any atom is -0.480 e. The highest BCUT2D eigenvalue weighted by atomic mass is 16.4. The fourth-order valence-corrected chi connectivity index (χ4v) is 2.48. The number of carbonyl (C=O) groups is 1. The van der Waals surface area contributed by atoms with E-state index < -0.39 is 5.97 Å². The largest absolute Gasteiger partial charge is 0.480 e. The minimum atomic E-state index is -0.715. The zero-order chi connectivity index (χ0) is 12.3. The van der Waals surface area contributed by atoms with Crippen molar-refractivity contribution < 1.29 is 9.90 Å². The summed E-state index contributed by atoms with van der Waals surface area (Å²) in [5, 5.41) is 9.24. The Morgan fingerprint density at radius 2 is 2.35 bits per heavy atom. The molecule has 1 aliphatic rings. The van der Waals surface area contributed by atoms with Crippen molar-refractivity contribution in [3.8, 4) is 0 Å². The van der Waals surface area contributed by atoms with Crippen LogP contribution in [0.15, 0.2) is 24.4 Å². The lowest BCUT2D eigenvalue weighted by atomic mass is 9.99. The lowest BCUT2D eigenvalue weighted by Crippen LogP contribution is -2.45. The van der Waals surface area contributed by atoms with Crippen LogP contribution in [0.4, 0.5) is 0 Å². The van der Waals surface area contributed by atoms with E-state index in [4.69, 9.17) is 0 Å². The van der Waals surface area contributed by atoms with E-state index in [0.717, 1.165) is 31.5 Å². The van der Waals surface area contributed by atoms with Gasteiger partial charge >= 0.3 is 5.97 Å². The number of likely N-dealkylation sites (tertiary alicyclic amines) is 1. The summed E-state index contributed by atoms with van der Waals surface area (Å²) >= 11 is 0. The molecule has 0 saturated carbocycles. The van der Waals surface area contributed by atoms with Gasteiger partial charge in [-0.3, -0.25) is 14.7 Å². The second-order valence-electron chi connectivity index (χ2n) is 4.52. The third kappa shape index (κ3) is 2.64. The van der Waals surface area contributed by atoms with Gasteiger partial charge in [0.2, 0.25) is 0 Å². The van der Waals surface area contributed by atoms with Crippen molar-refractivity contribution in [2.75, 3.05) is 6.54 Å². The molecule has 0 spiro atoms. The third-order valence-electron chi connectivity index (χ3n) is 3.44. The Hall–Kier alpha value is -1.42. The third-order valence-corrected chi connectivity index (χ3v) is 3.44. The van der Waals surface area contributed by atoms with Crippen LogP contribution in [0.25, 0.3) is 0 Å². The predicted octanol–water partition coefficient (Wildman–Crippen LogP) is 2.08. The van der Waals surface area contributed by atoms with Crippen LogP contribution in [-0.2, 0) is 4.79 Å². The zero-order valence-corrected chi connectivity index (χ0v) is 10.0. The van der Waals surface area contributed by atoms with E-state index in [-0.39, 0.29) is 12.1 Å². The maximum atomic E-state index is 11.2. The molecule has 4 nitrogen and oxygen atoms in total. The first kappa shape index (κ1) is 12.0. The maximum absolute atomic E-state index is 11.2. The van der Waals surface area contributed by atoms with Crippen molar-refractivity contribution in [1.29, 1.82) is 0 Å². The molecule has 4 heteroatoms. The van der Waals surface area contributed by atoms with Gasteiger partial charge < -0.3 is 5.11 Å². The molecule has 0 aromatic carbocycles. The molecule has 0 amide bonds. The predicted molar refractivity (Wildman–Crippen MR) is 64.6 cm³/mol. The Kier molecular flexibility index (Phi) is 3.74. The second-order valence-corrected chi connectivity index (χ2v) is 4.52. The Morgan fingerprint density at radius 3 is 3.00 bits per heavy atom. The number of rotatable bonds is 3. The van der Waals surface area contributed by atoms with Crippen molar-refractivity contribution >= 4 is 5.97 Å². The number of aromatic nitrogens is 1. The summed E-state index contributed by atoms with van der Waals surface area (Å²) in [6.07, 6.45) is 4.57. The highest BCUT2D eigenvalue weighted by Crippen LogP contribution is 2.27. The summed E-state index contributed by atoms with van der Waals surface area (Å²) in [5.74, 6) is -0.715. The summed E-state index contributed by atoms with van der Waals surface area (Å²) in [4.78, 5) is 17.6. The molecule has 2 atom stereocenters. The molecular weight excluding hydrogens is 216 g/mol. The molecule has 1 fully saturated rings. The van der Waals surface area contributed by atoms with Gasteiger partial charge in [0.05, 0.1) is 11.7 Å². The average Bonchev–Trinajstić information content (AvgIpc) is 2.39. The first-order valence-corrected chi connectivity index (χ1v) is 6.09. The molecule has 17 heavy (non-hydrogen) atoms. The van der Waals surface area contributed by atoms with Gasteiger partial charge in [0.25, 0.3) is 0 Å². The molecule has 92 valence electrons. The monoisotopic (exact) mass is 234 g/mol. The molecule has 1 aliphatic heterocycles. The Balaban J connectivity index is 2.16. The van der Waals surface area contributed by atoms with Crippen LogP contribution in [0, 0.1) is 0 Å². The van der Waals surface area contributed by atoms with Crippen molar-refractivity contribution in [1.82, 2.24) is 9.88 Å². The number of hydrogen-bond donors (Lipinski definition) is 1. The van der Waals surface area contributed by atoms with Crippen molar-refractivity contribution in [2.24, 2.45) is 0 Å². The van der Waals surface area contributed by atoms with Crippen LogP contribution in [0.3, 0.4) is 0 Å². The Morgan fingerprint density at radius 1 is 1.53 bits per heavy atom. The van der Waals surface area contributed by atoms with Gasteiger partial charge in [0, 0.05) is 6.20 Å². The minimum absolute atomic E-state index is 0.0672. The van der Waals surface area contributed by atoms with Crippen LogP contribution >= 0.6 is 0 Å². The lowest BCUT2D eigenvalue weighted by Gasteiger charge is -2.37. The highest BCUT2D eigenvalue weighted by molar-refractivity contribution is 5.73. The Bertz CT molecular complexity index is 380. The average molecular weight is 234 g/mol. The van der Waals surface area contributed by atoms with Crippen LogP contribution < -0.4 is 0 Å². The first-order chi connectivity index (χ1) is 8.20. The van der Waals surface area contributed by atoms with Gasteiger partial charge in [0.1, 0.15) is 6.04 Å². The molecule has 0 radical (unpaired) electrons. The number of hydrogen-bond acceptors (Lipinski definition) is 3. The van der Waals surface area contributed by atoms with E-state index in [1.807, 2.05) is 30.0 Å². The van der Waals surface area contributed by atoms with Gasteiger partial charge in [-0.2, -0.15) is 0 Å². The molecule has 1 aromatic rings. The van der Waals surface area contributed by atoms with Crippen LogP contribution in [0.2, 0.25) is 0 Å². The van der Waals surface area contributed by atoms with E-state index in [1.165, 1.54) is 0 Å². The Labute approximate surface area is 101 Å². The molecular formula is C13H18N2O2. The SMILES string of the molecule is C[C@H](c1ccccn1)N1CCCC[C@H]1C(=O)O. The van der Waals surface area contributed by atoms with Crippen molar-refractivity contribution in [3.63, 3.8) is 0 Å². The quantitative estimate of drug-likeness (QED) is 0.870. The molecule has 2 heterocycles. The van der Waals surface area contributed by atoms with Crippen molar-refractivity contribution in [2.45, 2.75) is 38.3 Å². The topological polar surface area (TPSA) is 53.4 Å². The summed E-state index contributed by atoms with van der Waals surface area (Å²) in [6, 6.07) is 5.48. The van der Waals surface area contributed by atoms with E-state index in [9.17, 15) is 9.90 Å². The molecule has 1 aromatic heterocycles. The molecule has 1 N–H and O–H groups in total. The molecule has 0 bridgehead atoms. The fourth-order valence-electron chi connectivity index (χ4n) is 2.48. The van der Waals surface area contributed by atoms with E-state index >= 15 is 0 Å². The summed E-state index contributed by atoms with van der Waals surface area (Å²) < 4.78 is 0. The summed E-state index contributed by atoms with van der Waals surface area (Å²) in [5.41, 5.74) is 0.945. The highest BCUT2D eigenvalue weighted by Gasteiger charge is 2.32. The molecule has 0 unspecified atom stereocenters. The summed E-state index contributed by atoms with van der Waals surface area (Å²) in [6.45, 7) is 2.87. The number of carboxylic acid groups (broad SMARTS) is 1. The van der Waals surface area contributed by atoms with Gasteiger partial charge in [-0.1, -0.05) is 12.5 Å². The molecule has 0 aliphatic carbocycles. The smallest absolute Gasteiger partial charge is 0.320 e. The number of pyridine rings is 1. The van der Waals surface area contributed by atoms with E-state index in [2.05, 4.69) is 4.98 Å². The lowest BCUT2D eigenvalue weighted by molar-refractivity contribution is -0.145. The van der Waals surface area contributed by atoms with Crippen molar-refractivity contribution in [3.05, 3.63) is 30.1 Å². The standard InChI is InChI=1S/C13H18N2O2/c1-10(11-6-2-4-8-14-11)15-9-5-3-7-12(15)13(16)17/h2,4,6,8,10,12H,3,5,7,9H2,1H3,(H,16,17)/t10-,12+/m1/s1. The van der Waals surface area contributed by atoms with Crippen LogP contribution in [0.5, 0.6) is 0 Å². The number of piperidine rings is 1. The second kappa shape index (κ2) is 5.27. The van der Waals surface area contributed by atoms with E-state index in [0.29, 0.717) is 0 Å². The number of aliphatic carboxylic acids is 1. The van der Waals surface area contributed by atoms with Crippen LogP contribution in [-0.4, -0.2) is 33.5 Å². The van der Waals surface area contributed by atoms with Crippen LogP contribution in [0.1, 0.15) is 37.9 Å². The molecule has 2 rings (SSSR count). The zero-order valence-electron chi connectivity index (χ0n) is 10.0. The molecule has 1 saturated heterocycles. The van der Waals surface area contributed by atoms with Gasteiger partial charge in [-0.15, -0.1) is 0 Å². The maximum Gasteiger partial charge on any atom is 0.320 e. The van der Waals surface area contributed by atoms with Gasteiger partial charge in [-0.25, -0.2) is 0 Å². The van der Waals surface area contributed by atoms with E-state index in [1.54, 1.807) is 6.20 Å². The first-order valence-electron chi connectivity index (χ1n) is 6.09. The van der Waals surface area contributed by atoms with Gasteiger partial charge in [-0.05, 0) is 38.4 Å². The number of carboxylic acids is 1. The normalized spacial score (nSPS) is 23.2.